The first kappa shape index (κ1) is 12.5. The monoisotopic (exact) mass is 258 g/mol. The number of aryl methyl sites for hydroxylation is 2. The Hall–Kier alpha value is -1.51. The predicted molar refractivity (Wildman–Crippen MR) is 76.2 cm³/mol. The number of urea groups is 1. The van der Waals surface area contributed by atoms with Crippen molar-refractivity contribution in [1.82, 2.24) is 9.80 Å². The van der Waals surface area contributed by atoms with Gasteiger partial charge in [0.15, 0.2) is 0 Å². The van der Waals surface area contributed by atoms with E-state index in [4.69, 9.17) is 0 Å². The highest BCUT2D eigenvalue weighted by atomic mass is 16.2. The molecule has 1 aromatic carbocycles. The molecule has 3 rings (SSSR count). The molecule has 1 aliphatic carbocycles. The van der Waals surface area contributed by atoms with Gasteiger partial charge >= 0.3 is 6.03 Å². The molecule has 1 heterocycles. The first-order chi connectivity index (χ1) is 9.20. The lowest BCUT2D eigenvalue weighted by molar-refractivity contribution is 0.197. The summed E-state index contributed by atoms with van der Waals surface area (Å²) in [6.45, 7) is 3.66. The summed E-state index contributed by atoms with van der Waals surface area (Å²) >= 11 is 0. The second-order valence-electron chi connectivity index (χ2n) is 5.68. The van der Waals surface area contributed by atoms with Gasteiger partial charge in [-0.2, -0.15) is 0 Å². The second-order valence-corrected chi connectivity index (χ2v) is 5.68. The second kappa shape index (κ2) is 4.87. The summed E-state index contributed by atoms with van der Waals surface area (Å²) in [6, 6.07) is 7.21. The Balaban J connectivity index is 1.88. The van der Waals surface area contributed by atoms with Crippen molar-refractivity contribution in [3.63, 3.8) is 0 Å². The van der Waals surface area contributed by atoms with E-state index in [1.807, 2.05) is 23.8 Å². The quantitative estimate of drug-likeness (QED) is 0.800. The van der Waals surface area contributed by atoms with Crippen molar-refractivity contribution < 1.29 is 4.79 Å². The van der Waals surface area contributed by atoms with Gasteiger partial charge < -0.3 is 9.80 Å². The van der Waals surface area contributed by atoms with Crippen LogP contribution in [0.1, 0.15) is 42.5 Å². The molecule has 102 valence electrons. The molecule has 2 amide bonds. The zero-order valence-corrected chi connectivity index (χ0v) is 11.9. The number of carbonyl (C=O) groups excluding carboxylic acids is 1. The number of amides is 2. The smallest absolute Gasteiger partial charge is 0.320 e. The molecule has 0 saturated carbocycles. The molecule has 3 heteroatoms. The van der Waals surface area contributed by atoms with Crippen molar-refractivity contribution in [2.45, 2.75) is 38.6 Å². The van der Waals surface area contributed by atoms with Gasteiger partial charge in [-0.25, -0.2) is 4.79 Å². The SMILES string of the molecule is CCN1CC(c2ccc3c(c2)CCCC3)N(C)C1=O. The maximum Gasteiger partial charge on any atom is 0.320 e. The summed E-state index contributed by atoms with van der Waals surface area (Å²) in [7, 11) is 1.92. The van der Waals surface area contributed by atoms with Gasteiger partial charge in [0.05, 0.1) is 6.04 Å². The summed E-state index contributed by atoms with van der Waals surface area (Å²) in [5.41, 5.74) is 4.31. The molecule has 1 aliphatic heterocycles. The van der Waals surface area contributed by atoms with Crippen LogP contribution in [-0.2, 0) is 12.8 Å². The summed E-state index contributed by atoms with van der Waals surface area (Å²) in [4.78, 5) is 15.9. The van der Waals surface area contributed by atoms with Crippen LogP contribution in [0.3, 0.4) is 0 Å². The van der Waals surface area contributed by atoms with Crippen LogP contribution in [-0.4, -0.2) is 36.0 Å². The van der Waals surface area contributed by atoms with Gasteiger partial charge in [0.2, 0.25) is 0 Å². The van der Waals surface area contributed by atoms with E-state index in [0.717, 1.165) is 13.1 Å². The molecule has 0 spiro atoms. The van der Waals surface area contributed by atoms with Crippen molar-refractivity contribution in [2.24, 2.45) is 0 Å². The van der Waals surface area contributed by atoms with Gasteiger partial charge in [0.1, 0.15) is 0 Å². The van der Waals surface area contributed by atoms with Gasteiger partial charge in [-0.3, -0.25) is 0 Å². The lowest BCUT2D eigenvalue weighted by Crippen LogP contribution is -2.29. The Morgan fingerprint density at radius 3 is 2.63 bits per heavy atom. The lowest BCUT2D eigenvalue weighted by Gasteiger charge is -2.22. The number of hydrogen-bond donors (Lipinski definition) is 0. The molecular weight excluding hydrogens is 236 g/mol. The standard InChI is InChI=1S/C16H22N2O/c1-3-18-11-15(17(2)16(18)19)14-9-8-12-6-4-5-7-13(12)10-14/h8-10,15H,3-7,11H2,1-2H3. The summed E-state index contributed by atoms with van der Waals surface area (Å²) in [5.74, 6) is 0. The number of nitrogens with zero attached hydrogens (tertiary/aromatic N) is 2. The third kappa shape index (κ3) is 2.11. The van der Waals surface area contributed by atoms with Crippen LogP contribution in [0.2, 0.25) is 0 Å². The van der Waals surface area contributed by atoms with Gasteiger partial charge in [-0.15, -0.1) is 0 Å². The number of likely N-dealkylation sites (N-methyl/N-ethyl adjacent to an activating group) is 2. The third-order valence-electron chi connectivity index (χ3n) is 4.57. The minimum Gasteiger partial charge on any atom is -0.323 e. The summed E-state index contributed by atoms with van der Waals surface area (Å²) in [5, 5.41) is 0. The van der Waals surface area contributed by atoms with Gasteiger partial charge in [-0.05, 0) is 49.3 Å². The van der Waals surface area contributed by atoms with E-state index in [1.54, 1.807) is 0 Å². The Morgan fingerprint density at radius 1 is 1.21 bits per heavy atom. The van der Waals surface area contributed by atoms with Crippen molar-refractivity contribution in [3.05, 3.63) is 34.9 Å². The molecule has 0 radical (unpaired) electrons. The van der Waals surface area contributed by atoms with E-state index >= 15 is 0 Å². The highest BCUT2D eigenvalue weighted by Crippen LogP contribution is 2.31. The molecule has 1 atom stereocenters. The van der Waals surface area contributed by atoms with E-state index in [-0.39, 0.29) is 12.1 Å². The molecule has 0 bridgehead atoms. The zero-order valence-electron chi connectivity index (χ0n) is 11.9. The number of carbonyl (C=O) groups is 1. The molecule has 3 nitrogen and oxygen atoms in total. The van der Waals surface area contributed by atoms with E-state index in [2.05, 4.69) is 18.2 Å². The van der Waals surface area contributed by atoms with E-state index in [1.165, 1.54) is 42.4 Å². The number of rotatable bonds is 2. The number of hydrogen-bond acceptors (Lipinski definition) is 1. The molecule has 1 unspecified atom stereocenters. The Morgan fingerprint density at radius 2 is 1.95 bits per heavy atom. The number of fused-ring (bicyclic) bond motifs is 1. The third-order valence-corrected chi connectivity index (χ3v) is 4.57. The maximum atomic E-state index is 12.1. The van der Waals surface area contributed by atoms with Crippen molar-refractivity contribution >= 4 is 6.03 Å². The minimum absolute atomic E-state index is 0.158. The first-order valence-corrected chi connectivity index (χ1v) is 7.34. The van der Waals surface area contributed by atoms with E-state index in [9.17, 15) is 4.79 Å². The molecule has 2 aliphatic rings. The van der Waals surface area contributed by atoms with Crippen LogP contribution in [0.15, 0.2) is 18.2 Å². The summed E-state index contributed by atoms with van der Waals surface area (Å²) in [6.07, 6.45) is 5.04. The minimum atomic E-state index is 0.158. The lowest BCUT2D eigenvalue weighted by atomic mass is 9.89. The highest BCUT2D eigenvalue weighted by Gasteiger charge is 2.34. The maximum absolute atomic E-state index is 12.1. The topological polar surface area (TPSA) is 23.6 Å². The van der Waals surface area contributed by atoms with Crippen molar-refractivity contribution in [2.75, 3.05) is 20.1 Å². The van der Waals surface area contributed by atoms with Crippen LogP contribution < -0.4 is 0 Å². The highest BCUT2D eigenvalue weighted by molar-refractivity contribution is 5.77. The van der Waals surface area contributed by atoms with Crippen LogP contribution in [0, 0.1) is 0 Å². The predicted octanol–water partition coefficient (Wildman–Crippen LogP) is 2.99. The molecule has 0 aromatic heterocycles. The van der Waals surface area contributed by atoms with E-state index in [0.29, 0.717) is 0 Å². The van der Waals surface area contributed by atoms with Crippen molar-refractivity contribution in [1.29, 1.82) is 0 Å². The van der Waals surface area contributed by atoms with Crippen LogP contribution in [0.4, 0.5) is 4.79 Å². The Labute approximate surface area is 115 Å². The molecule has 1 fully saturated rings. The van der Waals surface area contributed by atoms with Gasteiger partial charge in [0, 0.05) is 20.1 Å². The average Bonchev–Trinajstić information content (AvgIpc) is 2.74. The Kier molecular flexibility index (Phi) is 3.21. The fourth-order valence-corrected chi connectivity index (χ4v) is 3.32. The molecular formula is C16H22N2O. The van der Waals surface area contributed by atoms with Crippen LogP contribution >= 0.6 is 0 Å². The largest absolute Gasteiger partial charge is 0.323 e. The molecule has 1 saturated heterocycles. The van der Waals surface area contributed by atoms with Gasteiger partial charge in [0.25, 0.3) is 0 Å². The van der Waals surface area contributed by atoms with Crippen LogP contribution in [0.5, 0.6) is 0 Å². The fourth-order valence-electron chi connectivity index (χ4n) is 3.32. The van der Waals surface area contributed by atoms with Crippen LogP contribution in [0.25, 0.3) is 0 Å². The zero-order chi connectivity index (χ0) is 13.4. The fraction of sp³-hybridized carbons (Fsp3) is 0.562. The Bertz CT molecular complexity index is 498. The molecule has 0 N–H and O–H groups in total. The van der Waals surface area contributed by atoms with Gasteiger partial charge in [-0.1, -0.05) is 18.2 Å². The first-order valence-electron chi connectivity index (χ1n) is 7.34. The number of benzene rings is 1. The molecule has 19 heavy (non-hydrogen) atoms. The normalized spacial score (nSPS) is 22.8. The summed E-state index contributed by atoms with van der Waals surface area (Å²) < 4.78 is 0. The van der Waals surface area contributed by atoms with E-state index < -0.39 is 0 Å². The molecule has 1 aromatic rings. The van der Waals surface area contributed by atoms with Crippen molar-refractivity contribution in [3.8, 4) is 0 Å². The average molecular weight is 258 g/mol.